The highest BCUT2D eigenvalue weighted by Crippen LogP contribution is 2.65. The number of likely N-dealkylation sites (tertiary alicyclic amines) is 1. The van der Waals surface area contributed by atoms with E-state index in [4.69, 9.17) is 9.15 Å². The zero-order chi connectivity index (χ0) is 23.7. The average molecular weight is 463 g/mol. The Morgan fingerprint density at radius 1 is 1.38 bits per heavy atom. The second-order valence-electron chi connectivity index (χ2n) is 10.1. The maximum atomic E-state index is 13.0. The number of furan rings is 1. The zero-order valence-corrected chi connectivity index (χ0v) is 19.3. The molecule has 1 aromatic heterocycles. The molecule has 2 aliphatic carbocycles. The number of carbonyl (C=O) groups excluding carboxylic acids is 1. The number of rotatable bonds is 5. The van der Waals surface area contributed by atoms with Crippen molar-refractivity contribution in [2.75, 3.05) is 20.1 Å². The van der Waals surface area contributed by atoms with Crippen LogP contribution in [0.4, 0.5) is 0 Å². The fourth-order valence-corrected chi connectivity index (χ4v) is 7.15. The third kappa shape index (κ3) is 2.74. The van der Waals surface area contributed by atoms with Crippen LogP contribution in [0.3, 0.4) is 0 Å². The molecule has 4 aliphatic rings. The Bertz CT molecular complexity index is 1170. The molecule has 1 saturated carbocycles. The molecule has 1 spiro atoms. The number of nitrogens with zero attached hydrogens (tertiary/aromatic N) is 2. The molecule has 34 heavy (non-hydrogen) atoms. The van der Waals surface area contributed by atoms with Gasteiger partial charge < -0.3 is 24.3 Å². The van der Waals surface area contributed by atoms with Gasteiger partial charge in [0.05, 0.1) is 23.5 Å². The number of benzene rings is 1. The summed E-state index contributed by atoms with van der Waals surface area (Å²) in [6, 6.07) is 5.17. The first kappa shape index (κ1) is 21.5. The monoisotopic (exact) mass is 462 g/mol. The minimum Gasteiger partial charge on any atom is -0.504 e. The minimum absolute atomic E-state index is 0.110. The van der Waals surface area contributed by atoms with Crippen molar-refractivity contribution in [1.82, 2.24) is 9.80 Å². The third-order valence-corrected chi connectivity index (χ3v) is 8.70. The molecule has 178 valence electrons. The van der Waals surface area contributed by atoms with E-state index in [0.29, 0.717) is 31.6 Å². The van der Waals surface area contributed by atoms with Gasteiger partial charge in [0.25, 0.3) is 0 Å². The summed E-state index contributed by atoms with van der Waals surface area (Å²) in [4.78, 5) is 17.1. The van der Waals surface area contributed by atoms with Crippen molar-refractivity contribution in [3.05, 3.63) is 66.1 Å². The summed E-state index contributed by atoms with van der Waals surface area (Å²) in [7, 11) is 1.79. The van der Waals surface area contributed by atoms with Crippen molar-refractivity contribution in [2.24, 2.45) is 0 Å². The van der Waals surface area contributed by atoms with E-state index in [1.807, 2.05) is 12.1 Å². The summed E-state index contributed by atoms with van der Waals surface area (Å²) >= 11 is 0. The van der Waals surface area contributed by atoms with Crippen molar-refractivity contribution in [3.8, 4) is 11.5 Å². The number of carbonyl (C=O) groups is 1. The lowest BCUT2D eigenvalue weighted by Gasteiger charge is -2.64. The molecular formula is C27H30N2O5. The van der Waals surface area contributed by atoms with Crippen LogP contribution in [-0.4, -0.2) is 69.8 Å². The Labute approximate surface area is 198 Å². The van der Waals surface area contributed by atoms with Gasteiger partial charge in [-0.05, 0) is 49.6 Å². The van der Waals surface area contributed by atoms with Gasteiger partial charge in [0.15, 0.2) is 11.5 Å². The number of hydrogen-bond donors (Lipinski definition) is 2. The smallest absolute Gasteiger partial charge is 0.246 e. The Kier molecular flexibility index (Phi) is 4.73. The standard InChI is InChI=1S/C27H30N2O5/c1-3-10-29-11-9-26-22-14-19(28(2)23(31)7-4-17-8-12-33-16-17)15-27(26,32)21(29)13-18-5-6-20(30)25(34-22)24(18)26/h3-8,12,16,19,21-22,30,32H,1,9-11,13-15H2,2H3/b7-4+/t19-,21-,22+,26-,27-/m1/s1. The van der Waals surface area contributed by atoms with Crippen molar-refractivity contribution in [3.63, 3.8) is 0 Å². The third-order valence-electron chi connectivity index (χ3n) is 8.70. The number of piperidine rings is 1. The van der Waals surface area contributed by atoms with Crippen LogP contribution >= 0.6 is 0 Å². The average Bonchev–Trinajstić information content (AvgIpc) is 3.45. The first-order valence-corrected chi connectivity index (χ1v) is 12.0. The lowest BCUT2D eigenvalue weighted by atomic mass is 9.48. The Balaban J connectivity index is 1.39. The number of phenols is 1. The van der Waals surface area contributed by atoms with Gasteiger partial charge in [0.2, 0.25) is 5.91 Å². The highest BCUT2D eigenvalue weighted by Gasteiger charge is 2.72. The normalized spacial score (nSPS) is 33.4. The summed E-state index contributed by atoms with van der Waals surface area (Å²) in [5.41, 5.74) is 1.29. The molecule has 6 rings (SSSR count). The van der Waals surface area contributed by atoms with E-state index in [1.165, 1.54) is 0 Å². The van der Waals surface area contributed by atoms with Gasteiger partial charge in [0, 0.05) is 49.3 Å². The Morgan fingerprint density at radius 3 is 3.00 bits per heavy atom. The maximum absolute atomic E-state index is 13.0. The van der Waals surface area contributed by atoms with E-state index in [2.05, 4.69) is 11.5 Å². The number of likely N-dealkylation sites (N-methyl/N-ethyl adjacent to an activating group) is 1. The molecule has 2 bridgehead atoms. The second kappa shape index (κ2) is 7.48. The summed E-state index contributed by atoms with van der Waals surface area (Å²) in [5, 5.41) is 23.2. The van der Waals surface area contributed by atoms with E-state index < -0.39 is 11.0 Å². The zero-order valence-electron chi connectivity index (χ0n) is 19.3. The first-order chi connectivity index (χ1) is 16.4. The van der Waals surface area contributed by atoms with E-state index in [-0.39, 0.29) is 29.8 Å². The van der Waals surface area contributed by atoms with Crippen LogP contribution in [0, 0.1) is 0 Å². The largest absolute Gasteiger partial charge is 0.504 e. The van der Waals surface area contributed by atoms with Gasteiger partial charge in [0.1, 0.15) is 6.10 Å². The predicted molar refractivity (Wildman–Crippen MR) is 127 cm³/mol. The molecule has 2 aliphatic heterocycles. The van der Waals surface area contributed by atoms with Crippen LogP contribution in [0.5, 0.6) is 11.5 Å². The molecule has 3 heterocycles. The minimum atomic E-state index is -1.09. The molecule has 5 atom stereocenters. The lowest BCUT2D eigenvalue weighted by Crippen LogP contribution is -2.77. The number of aromatic hydroxyl groups is 1. The van der Waals surface area contributed by atoms with Gasteiger partial charge in [-0.25, -0.2) is 0 Å². The number of amides is 1. The molecule has 1 saturated heterocycles. The molecule has 1 aromatic carbocycles. The molecule has 2 fully saturated rings. The van der Waals surface area contributed by atoms with E-state index in [0.717, 1.165) is 29.7 Å². The SMILES string of the molecule is C=CCN1CC[C@]23c4c5ccc(O)c4O[C@H]2C[C@@H](N(C)C(=O)/C=C/c2ccoc2)C[C@@]3(O)[C@H]1C5. The topological polar surface area (TPSA) is 86.4 Å². The lowest BCUT2D eigenvalue weighted by molar-refractivity contribution is -0.196. The van der Waals surface area contributed by atoms with Crippen molar-refractivity contribution in [1.29, 1.82) is 0 Å². The highest BCUT2D eigenvalue weighted by atomic mass is 16.5. The molecule has 0 unspecified atom stereocenters. The van der Waals surface area contributed by atoms with E-state index >= 15 is 0 Å². The molecule has 0 radical (unpaired) electrons. The molecule has 7 heteroatoms. The fourth-order valence-electron chi connectivity index (χ4n) is 7.15. The number of aliphatic hydroxyl groups is 1. The van der Waals surface area contributed by atoms with Gasteiger partial charge >= 0.3 is 0 Å². The van der Waals surface area contributed by atoms with Crippen molar-refractivity contribution in [2.45, 2.75) is 54.9 Å². The highest BCUT2D eigenvalue weighted by molar-refractivity contribution is 5.91. The quantitative estimate of drug-likeness (QED) is 0.525. The van der Waals surface area contributed by atoms with Gasteiger partial charge in [-0.2, -0.15) is 0 Å². The van der Waals surface area contributed by atoms with Crippen LogP contribution in [0.2, 0.25) is 0 Å². The van der Waals surface area contributed by atoms with Crippen LogP contribution in [0.25, 0.3) is 6.08 Å². The Morgan fingerprint density at radius 2 is 2.24 bits per heavy atom. The summed E-state index contributed by atoms with van der Waals surface area (Å²) < 4.78 is 11.5. The summed E-state index contributed by atoms with van der Waals surface area (Å²) in [6.07, 6.45) is 10.5. The van der Waals surface area contributed by atoms with Gasteiger partial charge in [-0.1, -0.05) is 12.1 Å². The molecule has 7 nitrogen and oxygen atoms in total. The van der Waals surface area contributed by atoms with Crippen molar-refractivity contribution >= 4 is 12.0 Å². The van der Waals surface area contributed by atoms with Crippen LogP contribution < -0.4 is 4.74 Å². The van der Waals surface area contributed by atoms with Crippen LogP contribution in [0.15, 0.2) is 53.9 Å². The number of hydrogen-bond acceptors (Lipinski definition) is 6. The van der Waals surface area contributed by atoms with Gasteiger partial charge in [-0.15, -0.1) is 6.58 Å². The fraction of sp³-hybridized carbons (Fsp3) is 0.444. The summed E-state index contributed by atoms with van der Waals surface area (Å²) in [5.74, 6) is 0.514. The molecular weight excluding hydrogens is 432 g/mol. The second-order valence-corrected chi connectivity index (χ2v) is 10.1. The number of ether oxygens (including phenoxy) is 1. The summed E-state index contributed by atoms with van der Waals surface area (Å²) in [6.45, 7) is 5.46. The molecule has 1 amide bonds. The molecule has 2 N–H and O–H groups in total. The van der Waals surface area contributed by atoms with E-state index in [9.17, 15) is 15.0 Å². The van der Waals surface area contributed by atoms with Crippen molar-refractivity contribution < 1.29 is 24.2 Å². The number of phenolic OH excluding ortho intramolecular Hbond substituents is 1. The maximum Gasteiger partial charge on any atom is 0.246 e. The van der Waals surface area contributed by atoms with Crippen LogP contribution in [0.1, 0.15) is 36.0 Å². The predicted octanol–water partition coefficient (Wildman–Crippen LogP) is 2.87. The first-order valence-electron chi connectivity index (χ1n) is 12.0. The van der Waals surface area contributed by atoms with Crippen LogP contribution in [-0.2, 0) is 16.6 Å². The molecule has 2 aromatic rings. The Hall–Kier alpha value is -3.03. The van der Waals surface area contributed by atoms with Gasteiger partial charge in [-0.3, -0.25) is 9.69 Å². The van der Waals surface area contributed by atoms with E-state index in [1.54, 1.807) is 48.8 Å².